The molecular formula is C22H27NO. The SMILES string of the molecule is O[C@H]1CCCc2c1[nH]c1ccc(C34CC5CC(CC(C5)C3)C4)cc21. The van der Waals surface area contributed by atoms with E-state index in [1.165, 1.54) is 55.0 Å². The van der Waals surface area contributed by atoms with Gasteiger partial charge < -0.3 is 10.1 Å². The lowest BCUT2D eigenvalue weighted by Crippen LogP contribution is -2.48. The van der Waals surface area contributed by atoms with E-state index in [4.69, 9.17) is 0 Å². The van der Waals surface area contributed by atoms with E-state index < -0.39 is 0 Å². The van der Waals surface area contributed by atoms with E-state index in [-0.39, 0.29) is 6.10 Å². The van der Waals surface area contributed by atoms with Crippen LogP contribution in [0.15, 0.2) is 18.2 Å². The summed E-state index contributed by atoms with van der Waals surface area (Å²) < 4.78 is 0. The first-order chi connectivity index (χ1) is 11.7. The second-order valence-electron chi connectivity index (χ2n) is 9.38. The molecule has 1 atom stereocenters. The van der Waals surface area contributed by atoms with Gasteiger partial charge in [-0.1, -0.05) is 6.07 Å². The molecule has 0 unspecified atom stereocenters. The number of rotatable bonds is 1. The number of H-pyrrole nitrogens is 1. The summed E-state index contributed by atoms with van der Waals surface area (Å²) >= 11 is 0. The molecule has 5 aliphatic rings. The Morgan fingerprint density at radius 3 is 2.42 bits per heavy atom. The summed E-state index contributed by atoms with van der Waals surface area (Å²) in [4.78, 5) is 3.52. The summed E-state index contributed by atoms with van der Waals surface area (Å²) in [5.41, 5.74) is 5.81. The molecule has 1 aromatic carbocycles. The largest absolute Gasteiger partial charge is 0.387 e. The quantitative estimate of drug-likeness (QED) is 0.761. The molecule has 0 saturated heterocycles. The van der Waals surface area contributed by atoms with Crippen molar-refractivity contribution in [1.82, 2.24) is 4.98 Å². The van der Waals surface area contributed by atoms with Gasteiger partial charge in [-0.2, -0.15) is 0 Å². The van der Waals surface area contributed by atoms with Crippen LogP contribution < -0.4 is 0 Å². The van der Waals surface area contributed by atoms with Crippen LogP contribution in [0.5, 0.6) is 0 Å². The van der Waals surface area contributed by atoms with Crippen LogP contribution in [0, 0.1) is 17.8 Å². The van der Waals surface area contributed by atoms with Crippen molar-refractivity contribution in [1.29, 1.82) is 0 Å². The van der Waals surface area contributed by atoms with Crippen molar-refractivity contribution in [2.45, 2.75) is 69.3 Å². The lowest BCUT2D eigenvalue weighted by Gasteiger charge is -2.57. The maximum Gasteiger partial charge on any atom is 0.0941 e. The van der Waals surface area contributed by atoms with Crippen molar-refractivity contribution in [2.75, 3.05) is 0 Å². The zero-order valence-electron chi connectivity index (χ0n) is 14.4. The molecule has 4 saturated carbocycles. The number of aliphatic hydroxyl groups excluding tert-OH is 1. The normalized spacial score (nSPS) is 40.2. The average molecular weight is 321 g/mol. The summed E-state index contributed by atoms with van der Waals surface area (Å²) in [6, 6.07) is 7.22. The minimum Gasteiger partial charge on any atom is -0.387 e. The lowest BCUT2D eigenvalue weighted by molar-refractivity contribution is -0.00513. The van der Waals surface area contributed by atoms with Crippen LogP contribution in [0.1, 0.15) is 74.3 Å². The molecule has 0 amide bonds. The molecule has 4 fully saturated rings. The van der Waals surface area contributed by atoms with Crippen LogP contribution in [0.4, 0.5) is 0 Å². The van der Waals surface area contributed by atoms with E-state index in [1.807, 2.05) is 0 Å². The third-order valence-corrected chi connectivity index (χ3v) is 7.83. The fourth-order valence-electron chi connectivity index (χ4n) is 7.23. The fraction of sp³-hybridized carbons (Fsp3) is 0.636. The van der Waals surface area contributed by atoms with Crippen molar-refractivity contribution in [3.8, 4) is 0 Å². The zero-order valence-corrected chi connectivity index (χ0v) is 14.4. The first-order valence-electron chi connectivity index (χ1n) is 10.0. The van der Waals surface area contributed by atoms with Gasteiger partial charge in [0.2, 0.25) is 0 Å². The first-order valence-corrected chi connectivity index (χ1v) is 10.0. The van der Waals surface area contributed by atoms with Crippen molar-refractivity contribution in [3.63, 3.8) is 0 Å². The monoisotopic (exact) mass is 321 g/mol. The summed E-state index contributed by atoms with van der Waals surface area (Å²) in [5.74, 6) is 2.98. The molecular weight excluding hydrogens is 294 g/mol. The van der Waals surface area contributed by atoms with E-state index in [0.717, 1.165) is 42.7 Å². The molecule has 2 nitrogen and oxygen atoms in total. The second kappa shape index (κ2) is 4.66. The molecule has 0 aliphatic heterocycles. The number of hydrogen-bond acceptors (Lipinski definition) is 1. The van der Waals surface area contributed by atoms with Gasteiger partial charge in [-0.25, -0.2) is 0 Å². The van der Waals surface area contributed by atoms with Gasteiger partial charge in [-0.15, -0.1) is 0 Å². The van der Waals surface area contributed by atoms with E-state index in [1.54, 1.807) is 5.56 Å². The van der Waals surface area contributed by atoms with Gasteiger partial charge in [0.25, 0.3) is 0 Å². The van der Waals surface area contributed by atoms with E-state index in [0.29, 0.717) is 5.41 Å². The molecule has 24 heavy (non-hydrogen) atoms. The fourth-order valence-corrected chi connectivity index (χ4v) is 7.23. The highest BCUT2D eigenvalue weighted by atomic mass is 16.3. The van der Waals surface area contributed by atoms with Gasteiger partial charge in [-0.05, 0) is 104 Å². The van der Waals surface area contributed by atoms with Crippen LogP contribution in [0.25, 0.3) is 10.9 Å². The Balaban J connectivity index is 1.49. The number of benzene rings is 1. The number of aromatic nitrogens is 1. The predicted molar refractivity (Wildman–Crippen MR) is 96.0 cm³/mol. The minimum atomic E-state index is -0.288. The summed E-state index contributed by atoms with van der Waals surface area (Å²) in [6.07, 6.45) is 11.7. The van der Waals surface area contributed by atoms with Crippen molar-refractivity contribution < 1.29 is 5.11 Å². The number of nitrogens with one attached hydrogen (secondary N) is 1. The van der Waals surface area contributed by atoms with Crippen LogP contribution >= 0.6 is 0 Å². The second-order valence-corrected chi connectivity index (χ2v) is 9.38. The van der Waals surface area contributed by atoms with Crippen LogP contribution in [0.3, 0.4) is 0 Å². The molecule has 0 spiro atoms. The van der Waals surface area contributed by atoms with Crippen LogP contribution in [-0.2, 0) is 11.8 Å². The van der Waals surface area contributed by atoms with Gasteiger partial charge in [-0.3, -0.25) is 0 Å². The maximum atomic E-state index is 10.3. The summed E-state index contributed by atoms with van der Waals surface area (Å²) in [6.45, 7) is 0. The predicted octanol–water partition coefficient (Wildman–Crippen LogP) is 5.01. The smallest absolute Gasteiger partial charge is 0.0941 e. The van der Waals surface area contributed by atoms with Gasteiger partial charge in [0.1, 0.15) is 0 Å². The number of aliphatic hydroxyl groups is 1. The van der Waals surface area contributed by atoms with Gasteiger partial charge in [0, 0.05) is 16.6 Å². The topological polar surface area (TPSA) is 36.0 Å². The molecule has 2 aromatic rings. The summed E-state index contributed by atoms with van der Waals surface area (Å²) in [5, 5.41) is 11.7. The third kappa shape index (κ3) is 1.81. The lowest BCUT2D eigenvalue weighted by atomic mass is 9.48. The van der Waals surface area contributed by atoms with Gasteiger partial charge in [0.15, 0.2) is 0 Å². The Bertz CT molecular complexity index is 781. The number of aryl methyl sites for hydroxylation is 1. The number of hydrogen-bond donors (Lipinski definition) is 2. The van der Waals surface area contributed by atoms with Gasteiger partial charge >= 0.3 is 0 Å². The Morgan fingerprint density at radius 1 is 1.00 bits per heavy atom. The van der Waals surface area contributed by atoms with E-state index in [2.05, 4.69) is 23.2 Å². The third-order valence-electron chi connectivity index (χ3n) is 7.83. The molecule has 126 valence electrons. The molecule has 2 N–H and O–H groups in total. The Morgan fingerprint density at radius 2 is 1.71 bits per heavy atom. The molecule has 2 heteroatoms. The average Bonchev–Trinajstić information content (AvgIpc) is 2.93. The summed E-state index contributed by atoms with van der Waals surface area (Å²) in [7, 11) is 0. The highest BCUT2D eigenvalue weighted by Gasteiger charge is 2.51. The highest BCUT2D eigenvalue weighted by Crippen LogP contribution is 2.61. The molecule has 1 heterocycles. The minimum absolute atomic E-state index is 0.288. The van der Waals surface area contributed by atoms with Crippen molar-refractivity contribution in [3.05, 3.63) is 35.0 Å². The van der Waals surface area contributed by atoms with Crippen LogP contribution in [0.2, 0.25) is 0 Å². The Hall–Kier alpha value is -1.28. The Labute approximate surface area is 143 Å². The number of fused-ring (bicyclic) bond motifs is 3. The molecule has 1 aromatic heterocycles. The molecule has 0 radical (unpaired) electrons. The number of aromatic amines is 1. The molecule has 5 aliphatic carbocycles. The van der Waals surface area contributed by atoms with E-state index >= 15 is 0 Å². The first kappa shape index (κ1) is 13.9. The van der Waals surface area contributed by atoms with Crippen molar-refractivity contribution in [2.24, 2.45) is 17.8 Å². The van der Waals surface area contributed by atoms with E-state index in [9.17, 15) is 5.11 Å². The molecule has 7 rings (SSSR count). The van der Waals surface area contributed by atoms with Crippen molar-refractivity contribution >= 4 is 10.9 Å². The van der Waals surface area contributed by atoms with Gasteiger partial charge in [0.05, 0.1) is 6.10 Å². The standard InChI is InChI=1S/C22H27NO/c24-20-3-1-2-17-18-9-16(4-5-19(18)23-21(17)20)22-10-13-6-14(11-22)8-15(7-13)12-22/h4-5,9,13-15,20,23-24H,1-3,6-8,10-12H2/t13?,14?,15?,20-,22?/m0/s1. The zero-order chi connectivity index (χ0) is 15.9. The highest BCUT2D eigenvalue weighted by molar-refractivity contribution is 5.86. The van der Waals surface area contributed by atoms with Crippen LogP contribution in [-0.4, -0.2) is 10.1 Å². The molecule has 4 bridgehead atoms. The maximum absolute atomic E-state index is 10.3. The Kier molecular flexibility index (Phi) is 2.71.